The number of carbonyl (C=O) groups excluding carboxylic acids is 1. The van der Waals surface area contributed by atoms with Crippen molar-refractivity contribution in [2.75, 3.05) is 6.54 Å². The van der Waals surface area contributed by atoms with Gasteiger partial charge < -0.3 is 4.90 Å². The van der Waals surface area contributed by atoms with Crippen molar-refractivity contribution in [1.82, 2.24) is 4.90 Å². The van der Waals surface area contributed by atoms with Crippen molar-refractivity contribution < 1.29 is 4.79 Å². The molecule has 0 aromatic heterocycles. The number of rotatable bonds is 1. The maximum absolute atomic E-state index is 11.4. The van der Waals surface area contributed by atoms with Gasteiger partial charge in [0.15, 0.2) is 0 Å². The van der Waals surface area contributed by atoms with Gasteiger partial charge in [-0.2, -0.15) is 0 Å². The highest BCUT2D eigenvalue weighted by Crippen LogP contribution is 2.39. The van der Waals surface area contributed by atoms with Gasteiger partial charge in [-0.05, 0) is 25.2 Å². The average Bonchev–Trinajstić information content (AvgIpc) is 2.30. The van der Waals surface area contributed by atoms with Crippen LogP contribution in [-0.2, 0) is 4.79 Å². The number of likely N-dealkylation sites (tertiary alicyclic amines) is 1. The van der Waals surface area contributed by atoms with Crippen molar-refractivity contribution in [1.29, 1.82) is 0 Å². The Morgan fingerprint density at radius 1 is 1.54 bits per heavy atom. The smallest absolute Gasteiger partial charge is 0.219 e. The van der Waals surface area contributed by atoms with Crippen molar-refractivity contribution >= 4 is 5.91 Å². The van der Waals surface area contributed by atoms with Gasteiger partial charge in [-0.1, -0.05) is 20.8 Å². The molecule has 1 saturated heterocycles. The van der Waals surface area contributed by atoms with Crippen LogP contribution in [0.15, 0.2) is 0 Å². The zero-order chi connectivity index (χ0) is 10.2. The summed E-state index contributed by atoms with van der Waals surface area (Å²) >= 11 is 0. The number of hydrogen-bond donors (Lipinski definition) is 0. The molecule has 1 aliphatic heterocycles. The number of nitrogens with zero attached hydrogens (tertiary/aromatic N) is 1. The van der Waals surface area contributed by atoms with Gasteiger partial charge in [0.1, 0.15) is 0 Å². The summed E-state index contributed by atoms with van der Waals surface area (Å²) in [4.78, 5) is 13.5. The molecule has 0 N–H and O–H groups in total. The minimum atomic E-state index is 0.0752. The van der Waals surface area contributed by atoms with Crippen LogP contribution in [0.4, 0.5) is 0 Å². The zero-order valence-electron chi connectivity index (χ0n) is 9.42. The van der Waals surface area contributed by atoms with Crippen LogP contribution in [-0.4, -0.2) is 22.9 Å². The van der Waals surface area contributed by atoms with E-state index in [4.69, 9.17) is 0 Å². The molecule has 0 radical (unpaired) electrons. The molecule has 1 fully saturated rings. The molecule has 1 rings (SSSR count). The lowest BCUT2D eigenvalue weighted by atomic mass is 9.78. The van der Waals surface area contributed by atoms with Gasteiger partial charge in [0.05, 0.1) is 0 Å². The lowest BCUT2D eigenvalue weighted by molar-refractivity contribution is -0.134. The highest BCUT2D eigenvalue weighted by atomic mass is 16.2. The topological polar surface area (TPSA) is 20.3 Å². The molecule has 1 amide bonds. The van der Waals surface area contributed by atoms with E-state index in [2.05, 4.69) is 27.7 Å². The van der Waals surface area contributed by atoms with Crippen LogP contribution in [0, 0.1) is 11.8 Å². The van der Waals surface area contributed by atoms with E-state index in [1.54, 1.807) is 6.92 Å². The Labute approximate surface area is 81.3 Å². The Hall–Kier alpha value is -0.530. The lowest BCUT2D eigenvalue weighted by Gasteiger charge is -2.41. The summed E-state index contributed by atoms with van der Waals surface area (Å²) in [5.41, 5.74) is 0.0752. The first-order valence-electron chi connectivity index (χ1n) is 5.19. The van der Waals surface area contributed by atoms with E-state index in [1.165, 1.54) is 0 Å². The second kappa shape index (κ2) is 3.32. The molecular weight excluding hydrogens is 162 g/mol. The van der Waals surface area contributed by atoms with Gasteiger partial charge in [0.2, 0.25) is 5.91 Å². The standard InChI is InChI=1S/C11H21NO/c1-8(2)11(5)9(3)6-7-12(11)10(4)13/h8-9H,6-7H2,1-5H3. The van der Waals surface area contributed by atoms with Gasteiger partial charge >= 0.3 is 0 Å². The van der Waals surface area contributed by atoms with Crippen molar-refractivity contribution in [3.63, 3.8) is 0 Å². The minimum Gasteiger partial charge on any atom is -0.337 e. The van der Waals surface area contributed by atoms with Gasteiger partial charge in [0.25, 0.3) is 0 Å². The third-order valence-electron chi connectivity index (χ3n) is 3.91. The van der Waals surface area contributed by atoms with Crippen LogP contribution >= 0.6 is 0 Å². The van der Waals surface area contributed by atoms with Crippen LogP contribution in [0.25, 0.3) is 0 Å². The maximum atomic E-state index is 11.4. The first-order chi connectivity index (χ1) is 5.90. The van der Waals surface area contributed by atoms with E-state index in [0.717, 1.165) is 13.0 Å². The predicted molar refractivity (Wildman–Crippen MR) is 54.4 cm³/mol. The molecule has 0 saturated carbocycles. The lowest BCUT2D eigenvalue weighted by Crippen LogP contribution is -2.50. The summed E-state index contributed by atoms with van der Waals surface area (Å²) in [6.07, 6.45) is 1.15. The largest absolute Gasteiger partial charge is 0.337 e. The van der Waals surface area contributed by atoms with E-state index in [-0.39, 0.29) is 11.4 Å². The maximum Gasteiger partial charge on any atom is 0.219 e. The van der Waals surface area contributed by atoms with Crippen LogP contribution < -0.4 is 0 Å². The Morgan fingerprint density at radius 2 is 2.08 bits per heavy atom. The first kappa shape index (κ1) is 10.6. The molecule has 2 unspecified atom stereocenters. The van der Waals surface area contributed by atoms with Crippen LogP contribution in [0.2, 0.25) is 0 Å². The van der Waals surface area contributed by atoms with Crippen LogP contribution in [0.3, 0.4) is 0 Å². The molecule has 76 valence electrons. The van der Waals surface area contributed by atoms with Crippen LogP contribution in [0.1, 0.15) is 41.0 Å². The number of carbonyl (C=O) groups is 1. The summed E-state index contributed by atoms with van der Waals surface area (Å²) in [5.74, 6) is 1.38. The summed E-state index contributed by atoms with van der Waals surface area (Å²) in [5, 5.41) is 0. The SMILES string of the molecule is CC(=O)N1CCC(C)C1(C)C(C)C. The Bertz CT molecular complexity index is 212. The molecule has 0 aromatic carbocycles. The van der Waals surface area contributed by atoms with Crippen molar-refractivity contribution in [3.8, 4) is 0 Å². The summed E-state index contributed by atoms with van der Waals surface area (Å²) < 4.78 is 0. The number of hydrogen-bond acceptors (Lipinski definition) is 1. The molecule has 0 aliphatic carbocycles. The van der Waals surface area contributed by atoms with Gasteiger partial charge in [-0.15, -0.1) is 0 Å². The molecule has 2 atom stereocenters. The van der Waals surface area contributed by atoms with Crippen LogP contribution in [0.5, 0.6) is 0 Å². The summed E-state index contributed by atoms with van der Waals surface area (Å²) in [6, 6.07) is 0. The van der Waals surface area contributed by atoms with Crippen molar-refractivity contribution in [2.45, 2.75) is 46.6 Å². The minimum absolute atomic E-state index is 0.0752. The second-order valence-corrected chi connectivity index (χ2v) is 4.74. The first-order valence-corrected chi connectivity index (χ1v) is 5.19. The average molecular weight is 183 g/mol. The fourth-order valence-corrected chi connectivity index (χ4v) is 2.50. The fourth-order valence-electron chi connectivity index (χ4n) is 2.50. The Morgan fingerprint density at radius 3 is 2.38 bits per heavy atom. The molecule has 2 nitrogen and oxygen atoms in total. The molecule has 13 heavy (non-hydrogen) atoms. The van der Waals surface area contributed by atoms with E-state index in [9.17, 15) is 4.79 Å². The quantitative estimate of drug-likeness (QED) is 0.611. The molecule has 0 bridgehead atoms. The molecule has 1 heterocycles. The van der Waals surface area contributed by atoms with Gasteiger partial charge in [0, 0.05) is 19.0 Å². The third-order valence-corrected chi connectivity index (χ3v) is 3.91. The molecule has 2 heteroatoms. The highest BCUT2D eigenvalue weighted by molar-refractivity contribution is 5.74. The third kappa shape index (κ3) is 1.47. The van der Waals surface area contributed by atoms with Crippen molar-refractivity contribution in [2.24, 2.45) is 11.8 Å². The normalized spacial score (nSPS) is 34.3. The molecule has 1 aliphatic rings. The molecule has 0 spiro atoms. The van der Waals surface area contributed by atoms with E-state index in [0.29, 0.717) is 11.8 Å². The summed E-state index contributed by atoms with van der Waals surface area (Å²) in [7, 11) is 0. The van der Waals surface area contributed by atoms with Gasteiger partial charge in [-0.3, -0.25) is 4.79 Å². The Balaban J connectivity index is 2.94. The predicted octanol–water partition coefficient (Wildman–Crippen LogP) is 2.29. The number of amides is 1. The Kier molecular flexibility index (Phi) is 2.69. The molecule has 0 aromatic rings. The van der Waals surface area contributed by atoms with E-state index in [1.807, 2.05) is 4.90 Å². The monoisotopic (exact) mass is 183 g/mol. The van der Waals surface area contributed by atoms with Crippen molar-refractivity contribution in [3.05, 3.63) is 0 Å². The van der Waals surface area contributed by atoms with E-state index >= 15 is 0 Å². The fraction of sp³-hybridized carbons (Fsp3) is 0.909. The van der Waals surface area contributed by atoms with E-state index < -0.39 is 0 Å². The second-order valence-electron chi connectivity index (χ2n) is 4.74. The summed E-state index contributed by atoms with van der Waals surface area (Å²) in [6.45, 7) is 11.5. The molecular formula is C11H21NO. The zero-order valence-corrected chi connectivity index (χ0v) is 9.42. The highest BCUT2D eigenvalue weighted by Gasteiger charge is 2.45. The van der Waals surface area contributed by atoms with Gasteiger partial charge in [-0.25, -0.2) is 0 Å².